The van der Waals surface area contributed by atoms with Gasteiger partial charge in [-0.05, 0) is 26.2 Å². The molecule has 0 aromatic rings. The zero-order valence-electron chi connectivity index (χ0n) is 18.1. The van der Waals surface area contributed by atoms with Crippen molar-refractivity contribution in [2.75, 3.05) is 59.2 Å². The van der Waals surface area contributed by atoms with Crippen molar-refractivity contribution >= 4 is 17.8 Å². The van der Waals surface area contributed by atoms with E-state index in [-0.39, 0.29) is 31.6 Å². The van der Waals surface area contributed by atoms with E-state index in [1.165, 1.54) is 4.90 Å². The van der Waals surface area contributed by atoms with Gasteiger partial charge < -0.3 is 29.5 Å². The summed E-state index contributed by atoms with van der Waals surface area (Å²) in [5, 5.41) is 12.3. The van der Waals surface area contributed by atoms with Gasteiger partial charge in [0.25, 0.3) is 0 Å². The third-order valence-corrected chi connectivity index (χ3v) is 7.00. The molecule has 4 aliphatic rings. The van der Waals surface area contributed by atoms with Gasteiger partial charge in [-0.25, -0.2) is 0 Å². The topological polar surface area (TPSA) is 118 Å². The molecular weight excluding hydrogens is 406 g/mol. The van der Waals surface area contributed by atoms with Gasteiger partial charge in [0.1, 0.15) is 11.6 Å². The van der Waals surface area contributed by atoms with Gasteiger partial charge in [0.2, 0.25) is 11.8 Å². The van der Waals surface area contributed by atoms with Crippen LogP contribution in [-0.2, 0) is 28.6 Å². The number of carbonyl (C=O) groups is 3. The molecule has 2 N–H and O–H groups in total. The molecule has 31 heavy (non-hydrogen) atoms. The average Bonchev–Trinajstić information content (AvgIpc) is 3.40. The van der Waals surface area contributed by atoms with Gasteiger partial charge in [-0.3, -0.25) is 19.3 Å². The smallest absolute Gasteiger partial charge is 0.312 e. The van der Waals surface area contributed by atoms with Crippen molar-refractivity contribution in [3.8, 4) is 0 Å². The standard InChI is InChI=1S/C21H33N3O7/c1-2-30-20(28)15-14-4-5-21(31-14)16(15)19(27)24(7-3-11-25)17(21)18(26)22-6-8-23-9-12-29-13-10-23/h14-17,25H,2-13H2,1H3,(H,22,26)/t14-,15+,16+,17-,21+/m0/s1. The van der Waals surface area contributed by atoms with Gasteiger partial charge in [-0.1, -0.05) is 0 Å². The third kappa shape index (κ3) is 3.94. The molecule has 5 atom stereocenters. The van der Waals surface area contributed by atoms with Crippen molar-refractivity contribution in [1.82, 2.24) is 15.1 Å². The van der Waals surface area contributed by atoms with E-state index in [4.69, 9.17) is 14.2 Å². The van der Waals surface area contributed by atoms with Crippen LogP contribution in [0.4, 0.5) is 0 Å². The Kier molecular flexibility index (Phi) is 6.80. The van der Waals surface area contributed by atoms with Crippen molar-refractivity contribution in [3.63, 3.8) is 0 Å². The summed E-state index contributed by atoms with van der Waals surface area (Å²) in [6.07, 6.45) is 1.15. The van der Waals surface area contributed by atoms with Crippen LogP contribution in [-0.4, -0.2) is 110 Å². The fourth-order valence-corrected chi connectivity index (χ4v) is 5.70. The second kappa shape index (κ2) is 9.40. The molecule has 4 heterocycles. The molecule has 0 radical (unpaired) electrons. The number of rotatable bonds is 9. The van der Waals surface area contributed by atoms with Crippen LogP contribution >= 0.6 is 0 Å². The number of esters is 1. The molecule has 4 fully saturated rings. The minimum atomic E-state index is -1.00. The number of hydrogen-bond donors (Lipinski definition) is 2. The monoisotopic (exact) mass is 439 g/mol. The number of nitrogens with zero attached hydrogens (tertiary/aromatic N) is 2. The Labute approximate surface area is 182 Å². The number of nitrogens with one attached hydrogen (secondary N) is 1. The van der Waals surface area contributed by atoms with E-state index in [1.807, 2.05) is 0 Å². The normalized spacial score (nSPS) is 34.8. The van der Waals surface area contributed by atoms with Crippen LogP contribution < -0.4 is 5.32 Å². The molecule has 0 saturated carbocycles. The Hall–Kier alpha value is -1.75. The summed E-state index contributed by atoms with van der Waals surface area (Å²) < 4.78 is 16.8. The van der Waals surface area contributed by atoms with E-state index in [0.717, 1.165) is 13.1 Å². The lowest BCUT2D eigenvalue weighted by Gasteiger charge is -2.33. The number of carbonyl (C=O) groups excluding carboxylic acids is 3. The second-order valence-electron chi connectivity index (χ2n) is 8.66. The fourth-order valence-electron chi connectivity index (χ4n) is 5.70. The number of hydrogen-bond acceptors (Lipinski definition) is 8. The summed E-state index contributed by atoms with van der Waals surface area (Å²) in [4.78, 5) is 43.1. The molecule has 174 valence electrons. The van der Waals surface area contributed by atoms with Crippen molar-refractivity contribution in [2.45, 2.75) is 43.9 Å². The van der Waals surface area contributed by atoms with Crippen molar-refractivity contribution in [2.24, 2.45) is 11.8 Å². The number of ether oxygens (including phenoxy) is 3. The second-order valence-corrected chi connectivity index (χ2v) is 8.66. The lowest BCUT2D eigenvalue weighted by Crippen LogP contribution is -2.56. The lowest BCUT2D eigenvalue weighted by molar-refractivity contribution is -0.154. The van der Waals surface area contributed by atoms with Crippen LogP contribution in [0.5, 0.6) is 0 Å². The Morgan fingerprint density at radius 3 is 2.77 bits per heavy atom. The molecule has 10 nitrogen and oxygen atoms in total. The molecule has 2 amide bonds. The molecule has 4 rings (SSSR count). The van der Waals surface area contributed by atoms with E-state index >= 15 is 0 Å². The van der Waals surface area contributed by atoms with Gasteiger partial charge in [0, 0.05) is 39.3 Å². The first-order valence-electron chi connectivity index (χ1n) is 11.4. The number of aliphatic hydroxyl groups is 1. The first-order valence-corrected chi connectivity index (χ1v) is 11.4. The first kappa shape index (κ1) is 22.4. The SMILES string of the molecule is CCOC(=O)[C@@H]1[C@@H]2CC[C@]3(O2)[C@H](C(=O)NCCN2CCOCC2)N(CCCO)C(=O)[C@@H]13. The van der Waals surface area contributed by atoms with Gasteiger partial charge in [0.05, 0.1) is 37.8 Å². The quantitative estimate of drug-likeness (QED) is 0.428. The number of likely N-dealkylation sites (tertiary alicyclic amines) is 1. The van der Waals surface area contributed by atoms with E-state index in [1.54, 1.807) is 6.92 Å². The van der Waals surface area contributed by atoms with Gasteiger partial charge in [-0.2, -0.15) is 0 Å². The largest absolute Gasteiger partial charge is 0.466 e. The average molecular weight is 440 g/mol. The number of aliphatic hydroxyl groups excluding tert-OH is 1. The minimum absolute atomic E-state index is 0.0857. The van der Waals surface area contributed by atoms with Gasteiger partial charge in [-0.15, -0.1) is 0 Å². The third-order valence-electron chi connectivity index (χ3n) is 7.00. The van der Waals surface area contributed by atoms with E-state index in [9.17, 15) is 19.5 Å². The summed E-state index contributed by atoms with van der Waals surface area (Å²) in [5.41, 5.74) is -1.00. The molecule has 0 unspecified atom stereocenters. The van der Waals surface area contributed by atoms with Gasteiger partial charge in [0.15, 0.2) is 0 Å². The summed E-state index contributed by atoms with van der Waals surface area (Å²) in [5.74, 6) is -2.32. The summed E-state index contributed by atoms with van der Waals surface area (Å²) in [7, 11) is 0. The molecular formula is C21H33N3O7. The molecule has 4 aliphatic heterocycles. The number of fused-ring (bicyclic) bond motifs is 1. The Bertz CT molecular complexity index is 698. The fraction of sp³-hybridized carbons (Fsp3) is 0.857. The van der Waals surface area contributed by atoms with Gasteiger partial charge >= 0.3 is 5.97 Å². The molecule has 0 aromatic carbocycles. The van der Waals surface area contributed by atoms with Crippen LogP contribution in [0.25, 0.3) is 0 Å². The minimum Gasteiger partial charge on any atom is -0.466 e. The highest BCUT2D eigenvalue weighted by Gasteiger charge is 2.74. The molecule has 4 saturated heterocycles. The maximum absolute atomic E-state index is 13.4. The van der Waals surface area contributed by atoms with Crippen LogP contribution in [0.2, 0.25) is 0 Å². The lowest BCUT2D eigenvalue weighted by atomic mass is 9.71. The van der Waals surface area contributed by atoms with Crippen LogP contribution in [0.15, 0.2) is 0 Å². The molecule has 0 aliphatic carbocycles. The number of amides is 2. The van der Waals surface area contributed by atoms with E-state index in [2.05, 4.69) is 10.2 Å². The summed E-state index contributed by atoms with van der Waals surface area (Å²) >= 11 is 0. The number of morpholine rings is 1. The highest BCUT2D eigenvalue weighted by molar-refractivity contribution is 5.98. The molecule has 2 bridgehead atoms. The Morgan fingerprint density at radius 1 is 1.29 bits per heavy atom. The zero-order valence-corrected chi connectivity index (χ0v) is 18.1. The first-order chi connectivity index (χ1) is 15.0. The Balaban J connectivity index is 1.51. The van der Waals surface area contributed by atoms with Crippen LogP contribution in [0.3, 0.4) is 0 Å². The van der Waals surface area contributed by atoms with Crippen molar-refractivity contribution in [3.05, 3.63) is 0 Å². The van der Waals surface area contributed by atoms with Crippen LogP contribution in [0, 0.1) is 11.8 Å². The Morgan fingerprint density at radius 2 is 2.06 bits per heavy atom. The molecule has 10 heteroatoms. The highest BCUT2D eigenvalue weighted by atomic mass is 16.6. The highest BCUT2D eigenvalue weighted by Crippen LogP contribution is 2.58. The van der Waals surface area contributed by atoms with Crippen molar-refractivity contribution in [1.29, 1.82) is 0 Å². The van der Waals surface area contributed by atoms with E-state index < -0.39 is 35.6 Å². The van der Waals surface area contributed by atoms with Crippen molar-refractivity contribution < 1.29 is 33.7 Å². The maximum Gasteiger partial charge on any atom is 0.312 e. The molecule has 0 aromatic heterocycles. The summed E-state index contributed by atoms with van der Waals surface area (Å²) in [6.45, 7) is 6.34. The predicted molar refractivity (Wildman–Crippen MR) is 108 cm³/mol. The predicted octanol–water partition coefficient (Wildman–Crippen LogP) is -1.25. The maximum atomic E-state index is 13.4. The van der Waals surface area contributed by atoms with E-state index in [0.29, 0.717) is 45.6 Å². The van der Waals surface area contributed by atoms with Crippen LogP contribution in [0.1, 0.15) is 26.2 Å². The molecule has 1 spiro atoms. The zero-order chi connectivity index (χ0) is 22.0. The summed E-state index contributed by atoms with van der Waals surface area (Å²) in [6, 6.07) is -0.800.